The first-order valence-electron chi connectivity index (χ1n) is 18.9. The molecule has 0 amide bonds. The van der Waals surface area contributed by atoms with Crippen molar-refractivity contribution >= 4 is 50.0 Å². The fourth-order valence-electron chi connectivity index (χ4n) is 9.00. The Balaban J connectivity index is 1.11. The average Bonchev–Trinajstić information content (AvgIpc) is 3.57. The van der Waals surface area contributed by atoms with Gasteiger partial charge in [0.2, 0.25) is 0 Å². The SMILES string of the molecule is Cc1cc(N(c2ccccc2)c2ccc(N3c4ccccc4C4C=CC=CC43)cc2)c(C)cc1-c1c2ccccc2c(-c2ccccc2)c2ccccc12. The molecule has 0 aromatic heterocycles. The summed E-state index contributed by atoms with van der Waals surface area (Å²) in [6.07, 6.45) is 9.05. The maximum Gasteiger partial charge on any atom is 0.0629 e. The van der Waals surface area contributed by atoms with E-state index in [1.54, 1.807) is 0 Å². The number of rotatable bonds is 6. The van der Waals surface area contributed by atoms with Crippen LogP contribution in [0.25, 0.3) is 43.8 Å². The molecule has 8 aromatic carbocycles. The van der Waals surface area contributed by atoms with Crippen LogP contribution in [0, 0.1) is 13.8 Å². The molecule has 0 spiro atoms. The van der Waals surface area contributed by atoms with E-state index >= 15 is 0 Å². The Morgan fingerprint density at radius 2 is 1.04 bits per heavy atom. The van der Waals surface area contributed by atoms with Crippen LogP contribution in [0.2, 0.25) is 0 Å². The quantitative estimate of drug-likeness (QED) is 0.160. The first kappa shape index (κ1) is 32.0. The summed E-state index contributed by atoms with van der Waals surface area (Å²) in [5.41, 5.74) is 14.9. The lowest BCUT2D eigenvalue weighted by Crippen LogP contribution is -2.28. The van der Waals surface area contributed by atoms with Gasteiger partial charge in [-0.1, -0.05) is 140 Å². The predicted octanol–water partition coefficient (Wildman–Crippen LogP) is 14.1. The van der Waals surface area contributed by atoms with Crippen molar-refractivity contribution in [2.45, 2.75) is 25.8 Å². The van der Waals surface area contributed by atoms with Crippen molar-refractivity contribution in [3.63, 3.8) is 0 Å². The summed E-state index contributed by atoms with van der Waals surface area (Å²) in [6, 6.07) is 62.5. The van der Waals surface area contributed by atoms with Gasteiger partial charge in [0.05, 0.1) is 6.04 Å². The van der Waals surface area contributed by atoms with Crippen LogP contribution in [-0.2, 0) is 0 Å². The van der Waals surface area contributed by atoms with Gasteiger partial charge in [0.25, 0.3) is 0 Å². The van der Waals surface area contributed by atoms with E-state index in [0.29, 0.717) is 5.92 Å². The van der Waals surface area contributed by atoms with Gasteiger partial charge < -0.3 is 9.80 Å². The van der Waals surface area contributed by atoms with Crippen LogP contribution in [0.5, 0.6) is 0 Å². The Hall–Kier alpha value is -6.64. The number of allylic oxidation sites excluding steroid dienone is 2. The van der Waals surface area contributed by atoms with Crippen LogP contribution in [-0.4, -0.2) is 6.04 Å². The van der Waals surface area contributed by atoms with E-state index in [1.165, 1.54) is 77.6 Å². The predicted molar refractivity (Wildman–Crippen MR) is 230 cm³/mol. The molecule has 1 aliphatic carbocycles. The number of aryl methyl sites for hydroxylation is 2. The summed E-state index contributed by atoms with van der Waals surface area (Å²) in [6.45, 7) is 4.53. The second-order valence-electron chi connectivity index (χ2n) is 14.6. The number of benzene rings is 8. The van der Waals surface area contributed by atoms with Crippen LogP contribution < -0.4 is 9.80 Å². The van der Waals surface area contributed by atoms with Gasteiger partial charge in [-0.25, -0.2) is 0 Å². The summed E-state index contributed by atoms with van der Waals surface area (Å²) in [7, 11) is 0. The first-order valence-corrected chi connectivity index (χ1v) is 18.9. The third-order valence-corrected chi connectivity index (χ3v) is 11.4. The Kier molecular flexibility index (Phi) is 7.77. The molecule has 8 aromatic rings. The van der Waals surface area contributed by atoms with Gasteiger partial charge in [-0.2, -0.15) is 0 Å². The van der Waals surface area contributed by atoms with Gasteiger partial charge in [0.15, 0.2) is 0 Å². The highest BCUT2D eigenvalue weighted by atomic mass is 15.2. The minimum Gasteiger partial charge on any atom is -0.333 e. The van der Waals surface area contributed by atoms with E-state index in [-0.39, 0.29) is 6.04 Å². The summed E-state index contributed by atoms with van der Waals surface area (Å²) in [5.74, 6) is 0.361. The summed E-state index contributed by atoms with van der Waals surface area (Å²) >= 11 is 0. The Labute approximate surface area is 317 Å². The highest BCUT2D eigenvalue weighted by Crippen LogP contribution is 2.49. The molecular weight excluding hydrogens is 653 g/mol. The smallest absolute Gasteiger partial charge is 0.0629 e. The minimum atomic E-state index is 0.273. The zero-order valence-corrected chi connectivity index (χ0v) is 30.5. The van der Waals surface area contributed by atoms with E-state index < -0.39 is 0 Å². The van der Waals surface area contributed by atoms with Gasteiger partial charge in [-0.05, 0) is 129 Å². The monoisotopic (exact) mass is 692 g/mol. The molecule has 0 radical (unpaired) electrons. The minimum absolute atomic E-state index is 0.273. The third kappa shape index (κ3) is 5.17. The van der Waals surface area contributed by atoms with Crippen molar-refractivity contribution in [1.82, 2.24) is 0 Å². The molecule has 2 heteroatoms. The number of fused-ring (bicyclic) bond motifs is 5. The lowest BCUT2D eigenvalue weighted by molar-refractivity contribution is 0.745. The van der Waals surface area contributed by atoms with Gasteiger partial charge in [0, 0.05) is 34.4 Å². The van der Waals surface area contributed by atoms with Crippen molar-refractivity contribution in [2.24, 2.45) is 0 Å². The maximum absolute atomic E-state index is 2.50. The molecule has 2 nitrogen and oxygen atoms in total. The first-order chi connectivity index (χ1) is 26.7. The summed E-state index contributed by atoms with van der Waals surface area (Å²) in [4.78, 5) is 4.91. The number of anilines is 5. The second kappa shape index (κ2) is 13.1. The van der Waals surface area contributed by atoms with Crippen LogP contribution >= 0.6 is 0 Å². The average molecular weight is 693 g/mol. The summed E-state index contributed by atoms with van der Waals surface area (Å²) < 4.78 is 0. The van der Waals surface area contributed by atoms with E-state index in [1.807, 2.05) is 0 Å². The van der Waals surface area contributed by atoms with E-state index in [9.17, 15) is 0 Å². The molecule has 1 aliphatic heterocycles. The normalized spacial score (nSPS) is 15.8. The maximum atomic E-state index is 2.50. The molecule has 0 fully saturated rings. The summed E-state index contributed by atoms with van der Waals surface area (Å²) in [5, 5.41) is 5.09. The zero-order valence-electron chi connectivity index (χ0n) is 30.5. The Morgan fingerprint density at radius 1 is 0.481 bits per heavy atom. The van der Waals surface area contributed by atoms with Gasteiger partial charge in [-0.3, -0.25) is 0 Å². The molecule has 0 N–H and O–H groups in total. The molecule has 1 heterocycles. The van der Waals surface area contributed by atoms with Crippen molar-refractivity contribution < 1.29 is 0 Å². The molecule has 2 unspecified atom stereocenters. The molecule has 2 aliphatic rings. The van der Waals surface area contributed by atoms with E-state index in [2.05, 4.69) is 218 Å². The topological polar surface area (TPSA) is 6.48 Å². The number of para-hydroxylation sites is 2. The number of nitrogens with zero attached hydrogens (tertiary/aromatic N) is 2. The molecule has 54 heavy (non-hydrogen) atoms. The second-order valence-corrected chi connectivity index (χ2v) is 14.6. The van der Waals surface area contributed by atoms with E-state index in [0.717, 1.165) is 11.4 Å². The number of hydrogen-bond acceptors (Lipinski definition) is 2. The Morgan fingerprint density at radius 3 is 1.72 bits per heavy atom. The lowest BCUT2D eigenvalue weighted by Gasteiger charge is -2.31. The van der Waals surface area contributed by atoms with Crippen molar-refractivity contribution in [3.8, 4) is 22.3 Å². The number of hydrogen-bond donors (Lipinski definition) is 0. The zero-order chi connectivity index (χ0) is 36.2. The van der Waals surface area contributed by atoms with Crippen LogP contribution in [0.3, 0.4) is 0 Å². The van der Waals surface area contributed by atoms with Gasteiger partial charge in [0.1, 0.15) is 0 Å². The largest absolute Gasteiger partial charge is 0.333 e. The fraction of sp³-hybridized carbons (Fsp3) is 0.0769. The highest BCUT2D eigenvalue weighted by Gasteiger charge is 2.37. The molecule has 0 saturated heterocycles. The van der Waals surface area contributed by atoms with Crippen molar-refractivity contribution in [2.75, 3.05) is 9.80 Å². The lowest BCUT2D eigenvalue weighted by atomic mass is 9.84. The highest BCUT2D eigenvalue weighted by molar-refractivity contribution is 6.21. The molecule has 258 valence electrons. The fourth-order valence-corrected chi connectivity index (χ4v) is 9.00. The van der Waals surface area contributed by atoms with Crippen LogP contribution in [0.4, 0.5) is 28.4 Å². The van der Waals surface area contributed by atoms with E-state index in [4.69, 9.17) is 0 Å². The molecule has 0 bridgehead atoms. The molecule has 10 rings (SSSR count). The molecule has 2 atom stereocenters. The van der Waals surface area contributed by atoms with Gasteiger partial charge >= 0.3 is 0 Å². The molecule has 0 saturated carbocycles. The standard InChI is InChI=1S/C52H40N2/c1-35-34-50(36(2)33-47(35)52-45-25-11-9-23-43(45)51(37-17-5-3-6-18-37)44-24-10-12-26-46(44)52)53(38-19-7-4-8-20-38)39-29-31-40(32-30-39)54-48-27-15-13-21-41(48)42-22-14-16-28-49(42)54/h3-34,41,48H,1-2H3. The van der Waals surface area contributed by atoms with Crippen LogP contribution in [0.1, 0.15) is 22.6 Å². The third-order valence-electron chi connectivity index (χ3n) is 11.4. The van der Waals surface area contributed by atoms with Crippen molar-refractivity contribution in [3.05, 3.63) is 211 Å². The van der Waals surface area contributed by atoms with Crippen molar-refractivity contribution in [1.29, 1.82) is 0 Å². The Bertz CT molecular complexity index is 2690. The van der Waals surface area contributed by atoms with Crippen LogP contribution in [0.15, 0.2) is 194 Å². The molecular formula is C52H40N2. The van der Waals surface area contributed by atoms with Gasteiger partial charge in [-0.15, -0.1) is 0 Å².